The predicted molar refractivity (Wildman–Crippen MR) is 85.0 cm³/mol. The normalized spacial score (nSPS) is 10.4. The van der Waals surface area contributed by atoms with Crippen LogP contribution in [-0.2, 0) is 0 Å². The van der Waals surface area contributed by atoms with Crippen LogP contribution in [0.5, 0.6) is 0 Å². The summed E-state index contributed by atoms with van der Waals surface area (Å²) in [5, 5.41) is 7.12. The number of hydrogen-bond acceptors (Lipinski definition) is 4. The van der Waals surface area contributed by atoms with Gasteiger partial charge in [-0.05, 0) is 38.0 Å². The van der Waals surface area contributed by atoms with E-state index < -0.39 is 0 Å². The first-order valence-corrected chi connectivity index (χ1v) is 7.09. The van der Waals surface area contributed by atoms with Gasteiger partial charge in [-0.25, -0.2) is 4.98 Å². The Labute approximate surface area is 124 Å². The summed E-state index contributed by atoms with van der Waals surface area (Å²) in [6.45, 7) is 6.94. The minimum Gasteiger partial charge on any atom is -0.354 e. The maximum absolute atomic E-state index is 6.19. The number of anilines is 3. The van der Waals surface area contributed by atoms with E-state index in [2.05, 4.69) is 27.5 Å². The van der Waals surface area contributed by atoms with Crippen LogP contribution < -0.4 is 10.6 Å². The average molecular weight is 291 g/mol. The van der Waals surface area contributed by atoms with Gasteiger partial charge in [0, 0.05) is 18.3 Å². The van der Waals surface area contributed by atoms with Crippen LogP contribution in [0.15, 0.2) is 24.3 Å². The molecule has 2 aromatic rings. The first-order chi connectivity index (χ1) is 9.58. The van der Waals surface area contributed by atoms with Crippen molar-refractivity contribution in [2.75, 3.05) is 17.2 Å². The number of benzene rings is 1. The number of nitrogens with zero attached hydrogens (tertiary/aromatic N) is 2. The van der Waals surface area contributed by atoms with E-state index in [-0.39, 0.29) is 0 Å². The van der Waals surface area contributed by atoms with Crippen molar-refractivity contribution in [3.05, 3.63) is 40.5 Å². The molecule has 4 nitrogen and oxygen atoms in total. The zero-order valence-corrected chi connectivity index (χ0v) is 12.8. The topological polar surface area (TPSA) is 49.8 Å². The molecular weight excluding hydrogens is 272 g/mol. The molecule has 0 amide bonds. The summed E-state index contributed by atoms with van der Waals surface area (Å²) in [5.74, 6) is 1.38. The van der Waals surface area contributed by atoms with Crippen LogP contribution in [0.4, 0.5) is 17.5 Å². The standard InChI is InChI=1S/C15H19ClN4/c1-4-7-17-15-18-11(3)9-14(20-15)19-13-8-10(2)5-6-12(13)16/h5-6,8-9H,4,7H2,1-3H3,(H2,17,18,19,20). The van der Waals surface area contributed by atoms with Gasteiger partial charge in [-0.15, -0.1) is 0 Å². The Morgan fingerprint density at radius 1 is 1.15 bits per heavy atom. The van der Waals surface area contributed by atoms with E-state index in [1.165, 1.54) is 0 Å². The van der Waals surface area contributed by atoms with Crippen LogP contribution in [0.25, 0.3) is 0 Å². The predicted octanol–water partition coefficient (Wildman–Crippen LogP) is 4.31. The molecule has 0 fully saturated rings. The van der Waals surface area contributed by atoms with E-state index in [0.717, 1.165) is 35.7 Å². The van der Waals surface area contributed by atoms with E-state index in [0.29, 0.717) is 11.0 Å². The van der Waals surface area contributed by atoms with Crippen LogP contribution in [0.3, 0.4) is 0 Å². The SMILES string of the molecule is CCCNc1nc(C)cc(Nc2cc(C)ccc2Cl)n1. The zero-order chi connectivity index (χ0) is 14.5. The Balaban J connectivity index is 2.24. The molecule has 0 spiro atoms. The second kappa shape index (κ2) is 6.57. The molecule has 0 aliphatic carbocycles. The monoisotopic (exact) mass is 290 g/mol. The Morgan fingerprint density at radius 3 is 2.70 bits per heavy atom. The van der Waals surface area contributed by atoms with Crippen LogP contribution >= 0.6 is 11.6 Å². The fraction of sp³-hybridized carbons (Fsp3) is 0.333. The molecule has 0 saturated heterocycles. The number of nitrogens with one attached hydrogen (secondary N) is 2. The lowest BCUT2D eigenvalue weighted by Gasteiger charge is -2.11. The highest BCUT2D eigenvalue weighted by molar-refractivity contribution is 6.33. The molecule has 0 bridgehead atoms. The van der Waals surface area contributed by atoms with Gasteiger partial charge in [0.2, 0.25) is 5.95 Å². The van der Waals surface area contributed by atoms with Gasteiger partial charge in [0.05, 0.1) is 10.7 Å². The molecule has 1 aromatic heterocycles. The van der Waals surface area contributed by atoms with Crippen molar-refractivity contribution in [1.29, 1.82) is 0 Å². The summed E-state index contributed by atoms with van der Waals surface area (Å²) in [5.41, 5.74) is 2.91. The van der Waals surface area contributed by atoms with E-state index in [4.69, 9.17) is 11.6 Å². The van der Waals surface area contributed by atoms with Crippen molar-refractivity contribution < 1.29 is 0 Å². The lowest BCUT2D eigenvalue weighted by molar-refractivity contribution is 0.947. The third-order valence-electron chi connectivity index (χ3n) is 2.77. The number of hydrogen-bond donors (Lipinski definition) is 2. The molecular formula is C15H19ClN4. The van der Waals surface area contributed by atoms with E-state index >= 15 is 0 Å². The zero-order valence-electron chi connectivity index (χ0n) is 12.0. The molecule has 0 saturated carbocycles. The minimum atomic E-state index is 0.637. The molecule has 106 valence electrons. The molecule has 0 unspecified atom stereocenters. The average Bonchev–Trinajstić information content (AvgIpc) is 2.40. The minimum absolute atomic E-state index is 0.637. The van der Waals surface area contributed by atoms with Crippen LogP contribution in [-0.4, -0.2) is 16.5 Å². The van der Waals surface area contributed by atoms with Gasteiger partial charge in [-0.1, -0.05) is 24.6 Å². The van der Waals surface area contributed by atoms with Crippen molar-refractivity contribution in [2.24, 2.45) is 0 Å². The summed E-state index contributed by atoms with van der Waals surface area (Å²) in [7, 11) is 0. The van der Waals surface area contributed by atoms with E-state index in [9.17, 15) is 0 Å². The van der Waals surface area contributed by atoms with E-state index in [1.807, 2.05) is 38.1 Å². The summed E-state index contributed by atoms with van der Waals surface area (Å²) >= 11 is 6.19. The Morgan fingerprint density at radius 2 is 1.95 bits per heavy atom. The number of halogens is 1. The van der Waals surface area contributed by atoms with Gasteiger partial charge in [0.25, 0.3) is 0 Å². The second-order valence-electron chi connectivity index (χ2n) is 4.75. The highest BCUT2D eigenvalue weighted by Crippen LogP contribution is 2.26. The highest BCUT2D eigenvalue weighted by atomic mass is 35.5. The van der Waals surface area contributed by atoms with Crippen molar-refractivity contribution in [1.82, 2.24) is 9.97 Å². The van der Waals surface area contributed by atoms with Crippen molar-refractivity contribution in [3.63, 3.8) is 0 Å². The summed E-state index contributed by atoms with van der Waals surface area (Å²) in [6, 6.07) is 7.76. The van der Waals surface area contributed by atoms with Gasteiger partial charge >= 0.3 is 0 Å². The van der Waals surface area contributed by atoms with Gasteiger partial charge < -0.3 is 10.6 Å². The number of aryl methyl sites for hydroxylation is 2. The van der Waals surface area contributed by atoms with E-state index in [1.54, 1.807) is 0 Å². The first-order valence-electron chi connectivity index (χ1n) is 6.71. The summed E-state index contributed by atoms with van der Waals surface area (Å²) in [4.78, 5) is 8.80. The third-order valence-corrected chi connectivity index (χ3v) is 3.10. The second-order valence-corrected chi connectivity index (χ2v) is 5.16. The molecule has 0 atom stereocenters. The van der Waals surface area contributed by atoms with Crippen molar-refractivity contribution in [3.8, 4) is 0 Å². The Kier molecular flexibility index (Phi) is 4.79. The number of aromatic nitrogens is 2. The third kappa shape index (κ3) is 3.84. The molecule has 0 radical (unpaired) electrons. The largest absolute Gasteiger partial charge is 0.354 e. The molecule has 2 rings (SSSR count). The van der Waals surface area contributed by atoms with Gasteiger partial charge in [0.1, 0.15) is 5.82 Å². The first kappa shape index (κ1) is 14.6. The fourth-order valence-corrected chi connectivity index (χ4v) is 1.99. The molecule has 1 aromatic carbocycles. The van der Waals surface area contributed by atoms with Crippen LogP contribution in [0.1, 0.15) is 24.6 Å². The van der Waals surface area contributed by atoms with Crippen LogP contribution in [0, 0.1) is 13.8 Å². The van der Waals surface area contributed by atoms with Gasteiger partial charge in [-0.3, -0.25) is 0 Å². The lowest BCUT2D eigenvalue weighted by atomic mass is 10.2. The maximum atomic E-state index is 6.19. The Hall–Kier alpha value is -1.81. The molecule has 2 N–H and O–H groups in total. The molecule has 5 heteroatoms. The smallest absolute Gasteiger partial charge is 0.224 e. The van der Waals surface area contributed by atoms with Crippen LogP contribution in [0.2, 0.25) is 5.02 Å². The van der Waals surface area contributed by atoms with Gasteiger partial charge in [-0.2, -0.15) is 4.98 Å². The Bertz CT molecular complexity index is 598. The molecule has 0 aliphatic heterocycles. The lowest BCUT2D eigenvalue weighted by Crippen LogP contribution is -2.07. The summed E-state index contributed by atoms with van der Waals surface area (Å²) < 4.78 is 0. The fourth-order valence-electron chi connectivity index (χ4n) is 1.82. The maximum Gasteiger partial charge on any atom is 0.224 e. The molecule has 20 heavy (non-hydrogen) atoms. The summed E-state index contributed by atoms with van der Waals surface area (Å²) in [6.07, 6.45) is 1.03. The quantitative estimate of drug-likeness (QED) is 0.861. The molecule has 1 heterocycles. The number of rotatable bonds is 5. The van der Waals surface area contributed by atoms with Gasteiger partial charge in [0.15, 0.2) is 0 Å². The van der Waals surface area contributed by atoms with Crippen molar-refractivity contribution >= 4 is 29.1 Å². The van der Waals surface area contributed by atoms with Crippen molar-refractivity contribution in [2.45, 2.75) is 27.2 Å². The highest BCUT2D eigenvalue weighted by Gasteiger charge is 2.05. The molecule has 0 aliphatic rings.